The van der Waals surface area contributed by atoms with Gasteiger partial charge in [-0.1, -0.05) is 6.07 Å². The number of likely N-dealkylation sites (tertiary alicyclic amines) is 1. The number of amides is 1. The molecule has 1 fully saturated rings. The SMILES string of the molecule is CC(=O)N(C)CCN1CCC(CN2CCc3cnc(O)c4cccc2c34)CC1. The normalized spacial score (nSPS) is 17.9. The Morgan fingerprint density at radius 3 is 2.82 bits per heavy atom. The average molecular weight is 383 g/mol. The molecule has 150 valence electrons. The van der Waals surface area contributed by atoms with Gasteiger partial charge >= 0.3 is 0 Å². The lowest BCUT2D eigenvalue weighted by molar-refractivity contribution is -0.127. The van der Waals surface area contributed by atoms with Crippen molar-refractivity contribution in [2.24, 2.45) is 5.92 Å². The van der Waals surface area contributed by atoms with E-state index in [1.165, 1.54) is 29.5 Å². The maximum atomic E-state index is 11.4. The smallest absolute Gasteiger partial charge is 0.219 e. The van der Waals surface area contributed by atoms with Crippen LogP contribution in [0, 0.1) is 5.92 Å². The molecule has 2 aliphatic rings. The maximum Gasteiger partial charge on any atom is 0.219 e. The van der Waals surface area contributed by atoms with Gasteiger partial charge in [0.2, 0.25) is 11.8 Å². The Hall–Kier alpha value is -2.34. The van der Waals surface area contributed by atoms with Crippen LogP contribution in [0.4, 0.5) is 5.69 Å². The minimum Gasteiger partial charge on any atom is -0.493 e. The molecule has 0 spiro atoms. The number of carbonyl (C=O) groups is 1. The Bertz CT molecular complexity index is 861. The van der Waals surface area contributed by atoms with Gasteiger partial charge in [0.1, 0.15) is 0 Å². The summed E-state index contributed by atoms with van der Waals surface area (Å²) in [6.45, 7) is 7.70. The molecule has 1 N–H and O–H groups in total. The van der Waals surface area contributed by atoms with E-state index in [1.807, 2.05) is 25.4 Å². The lowest BCUT2D eigenvalue weighted by Crippen LogP contribution is -2.42. The Labute approximate surface area is 166 Å². The summed E-state index contributed by atoms with van der Waals surface area (Å²) in [5, 5.41) is 12.2. The van der Waals surface area contributed by atoms with Crippen LogP contribution >= 0.6 is 0 Å². The fourth-order valence-electron chi connectivity index (χ4n) is 4.51. The van der Waals surface area contributed by atoms with Crippen molar-refractivity contribution in [2.45, 2.75) is 26.2 Å². The van der Waals surface area contributed by atoms with Crippen molar-refractivity contribution in [1.82, 2.24) is 14.8 Å². The summed E-state index contributed by atoms with van der Waals surface area (Å²) < 4.78 is 0. The van der Waals surface area contributed by atoms with E-state index in [4.69, 9.17) is 0 Å². The Morgan fingerprint density at radius 1 is 1.29 bits per heavy atom. The molecule has 3 heterocycles. The number of carbonyl (C=O) groups excluding carboxylic acids is 1. The van der Waals surface area contributed by atoms with Crippen LogP contribution in [-0.2, 0) is 11.2 Å². The van der Waals surface area contributed by atoms with Crippen molar-refractivity contribution in [2.75, 3.05) is 51.2 Å². The lowest BCUT2D eigenvalue weighted by atomic mass is 9.93. The molecule has 0 aliphatic carbocycles. The highest BCUT2D eigenvalue weighted by Gasteiger charge is 2.25. The van der Waals surface area contributed by atoms with E-state index in [1.54, 1.807) is 11.8 Å². The second-order valence-corrected chi connectivity index (χ2v) is 8.23. The minimum atomic E-state index is 0.131. The molecule has 0 bridgehead atoms. The summed E-state index contributed by atoms with van der Waals surface area (Å²) in [6, 6.07) is 6.16. The van der Waals surface area contributed by atoms with E-state index in [2.05, 4.69) is 20.9 Å². The summed E-state index contributed by atoms with van der Waals surface area (Å²) in [5.41, 5.74) is 2.48. The summed E-state index contributed by atoms with van der Waals surface area (Å²) in [6.07, 6.45) is 5.21. The van der Waals surface area contributed by atoms with Crippen LogP contribution in [0.2, 0.25) is 0 Å². The third kappa shape index (κ3) is 3.78. The van der Waals surface area contributed by atoms with Gasteiger partial charge in [-0.05, 0) is 56.0 Å². The van der Waals surface area contributed by atoms with Crippen molar-refractivity contribution >= 4 is 22.4 Å². The van der Waals surface area contributed by atoms with Gasteiger partial charge in [-0.3, -0.25) is 4.79 Å². The Kier molecular flexibility index (Phi) is 5.40. The van der Waals surface area contributed by atoms with Crippen LogP contribution in [-0.4, -0.2) is 72.1 Å². The number of aromatic nitrogens is 1. The predicted octanol–water partition coefficient (Wildman–Crippen LogP) is 2.49. The highest BCUT2D eigenvalue weighted by Crippen LogP contribution is 2.37. The molecular weight excluding hydrogens is 352 g/mol. The van der Waals surface area contributed by atoms with Gasteiger partial charge in [-0.2, -0.15) is 0 Å². The fourth-order valence-corrected chi connectivity index (χ4v) is 4.51. The molecule has 0 saturated carbocycles. The molecule has 2 aliphatic heterocycles. The molecule has 0 radical (unpaired) electrons. The molecule has 28 heavy (non-hydrogen) atoms. The molecule has 6 nitrogen and oxygen atoms in total. The first-order chi connectivity index (χ1) is 13.5. The second kappa shape index (κ2) is 7.95. The van der Waals surface area contributed by atoms with Crippen LogP contribution < -0.4 is 4.90 Å². The monoisotopic (exact) mass is 382 g/mol. The molecule has 1 amide bonds. The van der Waals surface area contributed by atoms with Gasteiger partial charge in [0, 0.05) is 62.8 Å². The number of nitrogens with zero attached hydrogens (tertiary/aromatic N) is 4. The number of anilines is 1. The Balaban J connectivity index is 1.38. The summed E-state index contributed by atoms with van der Waals surface area (Å²) in [7, 11) is 1.87. The molecule has 4 rings (SSSR count). The first-order valence-electron chi connectivity index (χ1n) is 10.3. The zero-order valence-corrected chi connectivity index (χ0v) is 16.9. The van der Waals surface area contributed by atoms with E-state index in [0.29, 0.717) is 5.92 Å². The van der Waals surface area contributed by atoms with Crippen molar-refractivity contribution in [3.63, 3.8) is 0 Å². The van der Waals surface area contributed by atoms with Gasteiger partial charge in [-0.25, -0.2) is 4.98 Å². The van der Waals surface area contributed by atoms with Crippen LogP contribution in [0.1, 0.15) is 25.3 Å². The van der Waals surface area contributed by atoms with Gasteiger partial charge in [0.05, 0.1) is 0 Å². The summed E-state index contributed by atoms with van der Waals surface area (Å²) in [4.78, 5) is 22.3. The number of hydrogen-bond acceptors (Lipinski definition) is 5. The van der Waals surface area contributed by atoms with Crippen molar-refractivity contribution < 1.29 is 9.90 Å². The number of aromatic hydroxyl groups is 1. The number of likely N-dealkylation sites (N-methyl/N-ethyl adjacent to an activating group) is 1. The third-order valence-corrected chi connectivity index (χ3v) is 6.41. The molecular formula is C22H30N4O2. The standard InChI is InChI=1S/C22H30N4O2/c1-16(27)24(2)12-13-25-9-6-17(7-10-25)15-26-11-8-18-14-23-22(28)19-4-3-5-20(26)21(18)19/h3-5,14,17H,6-13,15H2,1-2H3,(H,23,28). The number of pyridine rings is 1. The zero-order valence-electron chi connectivity index (χ0n) is 16.9. The largest absolute Gasteiger partial charge is 0.493 e. The topological polar surface area (TPSA) is 59.9 Å². The number of rotatable bonds is 5. The van der Waals surface area contributed by atoms with E-state index in [-0.39, 0.29) is 11.8 Å². The highest BCUT2D eigenvalue weighted by atomic mass is 16.3. The van der Waals surface area contributed by atoms with Crippen LogP contribution in [0.25, 0.3) is 10.8 Å². The zero-order chi connectivity index (χ0) is 19.7. The van der Waals surface area contributed by atoms with E-state index >= 15 is 0 Å². The number of benzene rings is 1. The molecule has 1 saturated heterocycles. The molecule has 1 aromatic heterocycles. The van der Waals surface area contributed by atoms with E-state index in [0.717, 1.165) is 51.1 Å². The van der Waals surface area contributed by atoms with Gasteiger partial charge in [0.15, 0.2) is 0 Å². The second-order valence-electron chi connectivity index (χ2n) is 8.23. The van der Waals surface area contributed by atoms with Crippen molar-refractivity contribution in [3.05, 3.63) is 30.0 Å². The minimum absolute atomic E-state index is 0.131. The van der Waals surface area contributed by atoms with Crippen molar-refractivity contribution in [3.8, 4) is 5.88 Å². The van der Waals surface area contributed by atoms with E-state index in [9.17, 15) is 9.90 Å². The molecule has 6 heteroatoms. The molecule has 0 atom stereocenters. The predicted molar refractivity (Wildman–Crippen MR) is 112 cm³/mol. The average Bonchev–Trinajstić information content (AvgIpc) is 2.71. The quantitative estimate of drug-likeness (QED) is 0.861. The Morgan fingerprint density at radius 2 is 2.07 bits per heavy atom. The summed E-state index contributed by atoms with van der Waals surface area (Å²) in [5.74, 6) is 0.955. The van der Waals surface area contributed by atoms with Crippen LogP contribution in [0.3, 0.4) is 0 Å². The van der Waals surface area contributed by atoms with Crippen molar-refractivity contribution in [1.29, 1.82) is 0 Å². The maximum absolute atomic E-state index is 11.4. The lowest BCUT2D eigenvalue weighted by Gasteiger charge is -2.38. The molecule has 0 unspecified atom stereocenters. The third-order valence-electron chi connectivity index (χ3n) is 6.41. The van der Waals surface area contributed by atoms with Gasteiger partial charge in [-0.15, -0.1) is 0 Å². The summed E-state index contributed by atoms with van der Waals surface area (Å²) >= 11 is 0. The van der Waals surface area contributed by atoms with Crippen LogP contribution in [0.5, 0.6) is 5.88 Å². The first-order valence-corrected chi connectivity index (χ1v) is 10.3. The van der Waals surface area contributed by atoms with Gasteiger partial charge < -0.3 is 19.8 Å². The molecule has 1 aromatic carbocycles. The van der Waals surface area contributed by atoms with Crippen LogP contribution in [0.15, 0.2) is 24.4 Å². The number of piperidine rings is 1. The number of hydrogen-bond donors (Lipinski definition) is 1. The van der Waals surface area contributed by atoms with E-state index < -0.39 is 0 Å². The molecule has 2 aromatic rings. The first kappa shape index (κ1) is 19.0. The van der Waals surface area contributed by atoms with Gasteiger partial charge in [0.25, 0.3) is 0 Å². The highest BCUT2D eigenvalue weighted by molar-refractivity contribution is 6.00. The fraction of sp³-hybridized carbons (Fsp3) is 0.545.